The fourth-order valence-electron chi connectivity index (χ4n) is 13.9. The molecule has 6 fully saturated rings. The van der Waals surface area contributed by atoms with Gasteiger partial charge in [0.15, 0.2) is 11.5 Å². The van der Waals surface area contributed by atoms with Crippen LogP contribution in [0, 0.1) is 11.8 Å². The molecule has 15 N–H and O–H groups in total. The van der Waals surface area contributed by atoms with Crippen molar-refractivity contribution in [2.24, 2.45) is 17.6 Å². The summed E-state index contributed by atoms with van der Waals surface area (Å²) in [6.45, 7) is 3.04. The molecule has 10 rings (SSSR count). The van der Waals surface area contributed by atoms with Gasteiger partial charge in [-0.2, -0.15) is 8.42 Å². The van der Waals surface area contributed by atoms with Crippen molar-refractivity contribution in [3.05, 3.63) is 65.4 Å². The molecule has 13 atom stereocenters. The van der Waals surface area contributed by atoms with E-state index in [-0.39, 0.29) is 36.6 Å². The lowest BCUT2D eigenvalue weighted by atomic mass is 9.82. The molecule has 2 aromatic carbocycles. The number of hydrogen-bond donors (Lipinski definition) is 14. The van der Waals surface area contributed by atoms with Crippen LogP contribution in [0.3, 0.4) is 0 Å². The Hall–Kier alpha value is -7.64. The summed E-state index contributed by atoms with van der Waals surface area (Å²) in [5, 5.41) is 102. The number of amides is 7. The van der Waals surface area contributed by atoms with Crippen molar-refractivity contribution in [3.8, 4) is 33.2 Å². The van der Waals surface area contributed by atoms with Gasteiger partial charge in [0.25, 0.3) is 0 Å². The highest BCUT2D eigenvalue weighted by atomic mass is 32.3. The van der Waals surface area contributed by atoms with Crippen molar-refractivity contribution < 1.29 is 91.2 Å². The van der Waals surface area contributed by atoms with E-state index in [1.54, 1.807) is 0 Å². The number of primary amides is 1. The van der Waals surface area contributed by atoms with Gasteiger partial charge in [-0.25, -0.2) is 9.97 Å². The van der Waals surface area contributed by atoms with Crippen LogP contribution in [-0.2, 0) is 55.1 Å². The van der Waals surface area contributed by atoms with Gasteiger partial charge in [0.1, 0.15) is 40.2 Å². The average Bonchev–Trinajstić information content (AvgIpc) is 1.63. The second-order valence-electron chi connectivity index (χ2n) is 26.7. The number of aliphatic hydroxyl groups is 6. The number of aliphatic hydroxyl groups excluding tert-OH is 6. The summed E-state index contributed by atoms with van der Waals surface area (Å²) in [5.41, 5.74) is 8.05. The number of aromatic nitrogens is 4. The van der Waals surface area contributed by atoms with Crippen LogP contribution in [0.1, 0.15) is 114 Å². The summed E-state index contributed by atoms with van der Waals surface area (Å²) in [6, 6.07) is -0.245. The third-order valence-corrected chi connectivity index (χ3v) is 20.8. The highest BCUT2D eigenvalue weighted by molar-refractivity contribution is 7.81. The Labute approximate surface area is 569 Å². The molecule has 4 aromatic rings. The number of piperidine rings is 1. The summed E-state index contributed by atoms with van der Waals surface area (Å²) in [4.78, 5) is 113. The highest BCUT2D eigenvalue weighted by Crippen LogP contribution is 2.39. The number of fused-ring (bicyclic) bond motifs is 2. The van der Waals surface area contributed by atoms with E-state index < -0.39 is 181 Å². The van der Waals surface area contributed by atoms with E-state index in [1.165, 1.54) is 38.0 Å². The molecule has 2 saturated carbocycles. The van der Waals surface area contributed by atoms with E-state index in [4.69, 9.17) is 20.4 Å². The zero-order valence-electron chi connectivity index (χ0n) is 54.2. The molecule has 534 valence electrons. The number of β-amino-alcohol motifs (C(OH)–C–C–N with tert-alkyl or cyclic N) is 1. The van der Waals surface area contributed by atoms with Crippen LogP contribution in [0.5, 0.6) is 11.5 Å². The zero-order chi connectivity index (χ0) is 70.3. The maximum absolute atomic E-state index is 14.7. The SMILES string of the molecule is C[C@@H](O)[C@@H]1NC(=O)C(NCC2CCC(c3nnc(-c4ccc(-c5cnc(N6CCC(OC7CCCC7)CC6)nc5)cc4)s3)CC2)C[C@@H](O)CNC(=O)[C@@H]2[C@@H](O)[C@@H](C)CN2C(=O)[C@H]([C@H](O)CC(N)=O)NC(=O)[C@H]([C@H](O)Cc2ccc(O)c(OS(=O)(=O)O)c2)NC(=O)[C@@H]2C[C@@H](O)CN2C1=O. The number of phenols is 1. The molecule has 6 aliphatic rings. The standard InChI is InChI=1S/C64H87N13O19S2/c1-32-30-77-54(55(32)85)59(89)67-29-40(79)23-44(66-26-34-7-10-37(11-8-34)60-73-74-61(97-60)38-14-12-36(13-15-38)39-27-68-64(69-28-39)75-19-17-43(18-20-75)95-42-5-3-4-6-42)56(86)70-51(33(2)78)62(90)76-31-41(80)24-45(76)57(87)71-52(58(88)72-53(63(77)91)48(83)25-50(65)84)47(82)21-35-9-16-46(81)49(22-35)96-98(92,93)94/h9,12-16,22,27-28,32-34,37,40-45,47-48,51-55,66,78-83,85H,3-8,10-11,17-21,23-26,29-31H2,1-2H3,(H2,65,84)(H,67,89)(H,70,86)(H,71,87)(H,72,88)(H,92,93,94)/t32-,33+,34?,37?,40+,41+,44?,45-,47+,48+,51-,52-,53-,54-,55-/m0/s1. The Bertz CT molecular complexity index is 3590. The van der Waals surface area contributed by atoms with Gasteiger partial charge in [-0.15, -0.1) is 10.2 Å². The Morgan fingerprint density at radius 3 is 2.05 bits per heavy atom. The number of rotatable bonds is 18. The van der Waals surface area contributed by atoms with Crippen molar-refractivity contribution in [3.63, 3.8) is 0 Å². The number of carbonyl (C=O) groups is 7. The van der Waals surface area contributed by atoms with E-state index in [0.29, 0.717) is 24.9 Å². The van der Waals surface area contributed by atoms with Crippen LogP contribution in [-0.4, -0.2) is 244 Å². The number of aromatic hydroxyl groups is 1. The normalized spacial score (nSPS) is 28.8. The molecule has 1 unspecified atom stereocenters. The van der Waals surface area contributed by atoms with E-state index >= 15 is 0 Å². The first-order chi connectivity index (χ1) is 46.7. The number of anilines is 1. The number of ether oxygens (including phenoxy) is 1. The molecule has 7 amide bonds. The number of hydrogen-bond acceptors (Lipinski definition) is 25. The van der Waals surface area contributed by atoms with Gasteiger partial charge in [-0.05, 0) is 100 Å². The summed E-state index contributed by atoms with van der Waals surface area (Å²) >= 11 is 1.51. The molecule has 2 aromatic heterocycles. The second-order valence-corrected chi connectivity index (χ2v) is 28.7. The number of nitrogens with two attached hydrogens (primary N) is 1. The molecule has 0 radical (unpaired) electrons. The molecule has 0 bridgehead atoms. The van der Waals surface area contributed by atoms with E-state index in [2.05, 4.69) is 45.9 Å². The first-order valence-corrected chi connectivity index (χ1v) is 35.4. The van der Waals surface area contributed by atoms with E-state index in [9.17, 15) is 82.3 Å². The Balaban J connectivity index is 0.830. The van der Waals surface area contributed by atoms with Gasteiger partial charge >= 0.3 is 10.4 Å². The number of nitrogens with one attached hydrogen (secondary N) is 5. The smallest absolute Gasteiger partial charge is 0.446 e. The molecule has 34 heteroatoms. The van der Waals surface area contributed by atoms with Gasteiger partial charge in [0.2, 0.25) is 47.3 Å². The van der Waals surface area contributed by atoms with Gasteiger partial charge in [0, 0.05) is 80.9 Å². The molecular weight excluding hydrogens is 1320 g/mol. The minimum absolute atomic E-state index is 0.0206. The first kappa shape index (κ1) is 73.1. The summed E-state index contributed by atoms with van der Waals surface area (Å²) < 4.78 is 43.3. The molecule has 4 aliphatic heterocycles. The maximum atomic E-state index is 14.7. The lowest BCUT2D eigenvalue weighted by Gasteiger charge is -2.34. The minimum Gasteiger partial charge on any atom is -0.504 e. The van der Waals surface area contributed by atoms with Crippen molar-refractivity contribution >= 4 is 69.0 Å². The molecule has 98 heavy (non-hydrogen) atoms. The third kappa shape index (κ3) is 18.2. The Morgan fingerprint density at radius 2 is 1.39 bits per heavy atom. The van der Waals surface area contributed by atoms with Crippen LogP contribution >= 0.6 is 11.3 Å². The summed E-state index contributed by atoms with van der Waals surface area (Å²) in [6.07, 6.45) is 0.653. The molecular formula is C64H87N13O19S2. The topological polar surface area (TPSA) is 481 Å². The van der Waals surface area contributed by atoms with Crippen LogP contribution < -0.4 is 41.4 Å². The summed E-state index contributed by atoms with van der Waals surface area (Å²) in [5.74, 6) is -9.88. The second kappa shape index (κ2) is 32.1. The molecule has 2 aliphatic carbocycles. The fraction of sp³-hybridized carbons (Fsp3) is 0.609. The minimum atomic E-state index is -5.23. The molecule has 32 nitrogen and oxygen atoms in total. The van der Waals surface area contributed by atoms with Crippen LogP contribution in [0.4, 0.5) is 5.95 Å². The van der Waals surface area contributed by atoms with E-state index in [1.807, 2.05) is 36.7 Å². The predicted octanol–water partition coefficient (Wildman–Crippen LogP) is -1.57. The Kier molecular flexibility index (Phi) is 24.0. The maximum Gasteiger partial charge on any atom is 0.446 e. The van der Waals surface area contributed by atoms with Crippen LogP contribution in [0.25, 0.3) is 21.7 Å². The van der Waals surface area contributed by atoms with Gasteiger partial charge in [-0.3, -0.25) is 38.1 Å². The van der Waals surface area contributed by atoms with Gasteiger partial charge < -0.3 is 91.7 Å². The quantitative estimate of drug-likeness (QED) is 0.0501. The zero-order valence-corrected chi connectivity index (χ0v) is 55.9. The van der Waals surface area contributed by atoms with Crippen LogP contribution in [0.15, 0.2) is 54.9 Å². The van der Waals surface area contributed by atoms with Crippen molar-refractivity contribution in [2.45, 2.75) is 195 Å². The van der Waals surface area contributed by atoms with Gasteiger partial charge in [0.05, 0.1) is 61.3 Å². The van der Waals surface area contributed by atoms with Crippen molar-refractivity contribution in [1.29, 1.82) is 0 Å². The number of nitrogens with zero attached hydrogens (tertiary/aromatic N) is 7. The molecule has 6 heterocycles. The van der Waals surface area contributed by atoms with E-state index in [0.717, 1.165) is 106 Å². The number of benzene rings is 2. The predicted molar refractivity (Wildman–Crippen MR) is 349 cm³/mol. The van der Waals surface area contributed by atoms with Gasteiger partial charge in [-0.1, -0.05) is 61.4 Å². The monoisotopic (exact) mass is 1410 g/mol. The molecule has 4 saturated heterocycles. The lowest BCUT2D eigenvalue weighted by Crippen LogP contribution is -2.64. The summed E-state index contributed by atoms with van der Waals surface area (Å²) in [7, 11) is -5.23. The van der Waals surface area contributed by atoms with Crippen molar-refractivity contribution in [2.75, 3.05) is 44.2 Å². The first-order valence-electron chi connectivity index (χ1n) is 33.2. The largest absolute Gasteiger partial charge is 0.504 e. The third-order valence-electron chi connectivity index (χ3n) is 19.3. The lowest BCUT2D eigenvalue weighted by molar-refractivity contribution is -0.147. The van der Waals surface area contributed by atoms with Crippen molar-refractivity contribution in [1.82, 2.24) is 56.5 Å². The number of carbonyl (C=O) groups excluding carboxylic acids is 7. The molecule has 0 spiro atoms. The average molecular weight is 1410 g/mol. The fourth-order valence-corrected chi connectivity index (χ4v) is 15.3. The Morgan fingerprint density at radius 1 is 0.745 bits per heavy atom. The van der Waals surface area contributed by atoms with Crippen LogP contribution in [0.2, 0.25) is 0 Å². The highest BCUT2D eigenvalue weighted by Gasteiger charge is 2.50. The number of phenolic OH excluding ortho intramolecular Hbond substituents is 1.